The molecule has 2 nitrogen and oxygen atoms in total. The van der Waals surface area contributed by atoms with Crippen LogP contribution in [0.1, 0.15) is 11.4 Å². The fourth-order valence-corrected chi connectivity index (χ4v) is 2.46. The molecule has 1 heterocycles. The summed E-state index contributed by atoms with van der Waals surface area (Å²) in [7, 11) is 0. The quantitative estimate of drug-likeness (QED) is 0.745. The number of benzene rings is 1. The van der Waals surface area contributed by atoms with Crippen LogP contribution in [0.5, 0.6) is 0 Å². The van der Waals surface area contributed by atoms with Gasteiger partial charge in [-0.1, -0.05) is 29.3 Å². The summed E-state index contributed by atoms with van der Waals surface area (Å²) in [4.78, 5) is 4.28. The standard InChI is InChI=1S/C9H5Cl2IN2S/c10-6-2-1-5(3-7(6)11)4-8-13-9(12)15-14-8/h1-3H,4H2. The Balaban J connectivity index is 2.21. The molecule has 0 aliphatic rings. The predicted molar refractivity (Wildman–Crippen MR) is 71.9 cm³/mol. The van der Waals surface area contributed by atoms with Crippen molar-refractivity contribution in [3.8, 4) is 0 Å². The van der Waals surface area contributed by atoms with Crippen molar-refractivity contribution in [3.05, 3.63) is 42.6 Å². The molecular weight excluding hydrogens is 366 g/mol. The molecular formula is C9H5Cl2IN2S. The Hall–Kier alpha value is 0.0900. The van der Waals surface area contributed by atoms with Crippen molar-refractivity contribution >= 4 is 57.3 Å². The van der Waals surface area contributed by atoms with Gasteiger partial charge in [-0.15, -0.1) is 0 Å². The van der Waals surface area contributed by atoms with Crippen LogP contribution in [-0.2, 0) is 6.42 Å². The van der Waals surface area contributed by atoms with Crippen LogP contribution in [-0.4, -0.2) is 9.36 Å². The molecule has 0 unspecified atom stereocenters. The first-order valence-corrected chi connectivity index (χ1v) is 6.68. The molecule has 15 heavy (non-hydrogen) atoms. The highest BCUT2D eigenvalue weighted by Gasteiger charge is 2.04. The highest BCUT2D eigenvalue weighted by atomic mass is 127. The Labute approximate surface area is 115 Å². The van der Waals surface area contributed by atoms with E-state index in [0.717, 1.165) is 14.4 Å². The lowest BCUT2D eigenvalue weighted by Gasteiger charge is -1.99. The fraction of sp³-hybridized carbons (Fsp3) is 0.111. The number of hydrogen-bond donors (Lipinski definition) is 0. The molecule has 0 saturated heterocycles. The SMILES string of the molecule is Clc1ccc(Cc2nsc(I)n2)cc1Cl. The summed E-state index contributed by atoms with van der Waals surface area (Å²) >= 11 is 15.3. The highest BCUT2D eigenvalue weighted by molar-refractivity contribution is 14.1. The Morgan fingerprint density at radius 3 is 2.67 bits per heavy atom. The van der Waals surface area contributed by atoms with Gasteiger partial charge in [-0.25, -0.2) is 4.98 Å². The second-order valence-corrected chi connectivity index (χ2v) is 6.21. The summed E-state index contributed by atoms with van der Waals surface area (Å²) in [6, 6.07) is 5.57. The number of aromatic nitrogens is 2. The van der Waals surface area contributed by atoms with Gasteiger partial charge in [0.2, 0.25) is 0 Å². The minimum atomic E-state index is 0.569. The Kier molecular flexibility index (Phi) is 3.82. The molecule has 0 saturated carbocycles. The van der Waals surface area contributed by atoms with Gasteiger partial charge in [-0.3, -0.25) is 0 Å². The van der Waals surface area contributed by atoms with Crippen LogP contribution in [0.3, 0.4) is 0 Å². The van der Waals surface area contributed by atoms with Crippen LogP contribution in [0.15, 0.2) is 18.2 Å². The average Bonchev–Trinajstić information content (AvgIpc) is 2.58. The maximum Gasteiger partial charge on any atom is 0.173 e. The van der Waals surface area contributed by atoms with E-state index in [9.17, 15) is 0 Å². The lowest BCUT2D eigenvalue weighted by Crippen LogP contribution is -1.90. The zero-order chi connectivity index (χ0) is 10.8. The molecule has 0 radical (unpaired) electrons. The van der Waals surface area contributed by atoms with Crippen LogP contribution in [0.4, 0.5) is 0 Å². The van der Waals surface area contributed by atoms with Gasteiger partial charge in [0.05, 0.1) is 10.0 Å². The molecule has 0 spiro atoms. The summed E-state index contributed by atoms with van der Waals surface area (Å²) in [5.74, 6) is 0.822. The van der Waals surface area contributed by atoms with Crippen molar-refractivity contribution in [1.82, 2.24) is 9.36 Å². The molecule has 0 aliphatic heterocycles. The normalized spacial score (nSPS) is 10.6. The molecule has 78 valence electrons. The monoisotopic (exact) mass is 370 g/mol. The predicted octanol–water partition coefficient (Wildman–Crippen LogP) is 4.04. The average molecular weight is 371 g/mol. The summed E-state index contributed by atoms with van der Waals surface area (Å²) in [5, 5.41) is 1.14. The Bertz CT molecular complexity index is 487. The van der Waals surface area contributed by atoms with E-state index < -0.39 is 0 Å². The second-order valence-electron chi connectivity index (χ2n) is 2.89. The van der Waals surface area contributed by atoms with Crippen molar-refractivity contribution in [2.75, 3.05) is 0 Å². The van der Waals surface area contributed by atoms with E-state index in [4.69, 9.17) is 23.2 Å². The molecule has 1 aromatic heterocycles. The van der Waals surface area contributed by atoms with E-state index in [2.05, 4.69) is 31.9 Å². The van der Waals surface area contributed by atoms with Crippen molar-refractivity contribution in [2.45, 2.75) is 6.42 Å². The highest BCUT2D eigenvalue weighted by Crippen LogP contribution is 2.23. The first kappa shape index (κ1) is 11.6. The van der Waals surface area contributed by atoms with Crippen LogP contribution >= 0.6 is 57.3 Å². The maximum atomic E-state index is 5.91. The number of rotatable bonds is 2. The minimum absolute atomic E-state index is 0.569. The lowest BCUT2D eigenvalue weighted by molar-refractivity contribution is 1.03. The summed E-state index contributed by atoms with van der Waals surface area (Å²) in [5.41, 5.74) is 1.07. The van der Waals surface area contributed by atoms with Gasteiger partial charge in [0.15, 0.2) is 3.01 Å². The van der Waals surface area contributed by atoms with Gasteiger partial charge in [0.1, 0.15) is 5.82 Å². The molecule has 1 aromatic carbocycles. The van der Waals surface area contributed by atoms with Gasteiger partial charge in [0.25, 0.3) is 0 Å². The van der Waals surface area contributed by atoms with Gasteiger partial charge in [-0.05, 0) is 51.8 Å². The first-order chi connectivity index (χ1) is 7.15. The van der Waals surface area contributed by atoms with Gasteiger partial charge < -0.3 is 0 Å². The smallest absolute Gasteiger partial charge is 0.173 e. The molecule has 0 fully saturated rings. The lowest BCUT2D eigenvalue weighted by atomic mass is 10.1. The van der Waals surface area contributed by atoms with Gasteiger partial charge in [-0.2, -0.15) is 4.37 Å². The Morgan fingerprint density at radius 1 is 1.27 bits per heavy atom. The zero-order valence-electron chi connectivity index (χ0n) is 7.38. The topological polar surface area (TPSA) is 25.8 Å². The van der Waals surface area contributed by atoms with Crippen LogP contribution < -0.4 is 0 Å². The van der Waals surface area contributed by atoms with Crippen molar-refractivity contribution in [1.29, 1.82) is 0 Å². The summed E-state index contributed by atoms with van der Waals surface area (Å²) in [6.07, 6.45) is 0.691. The van der Waals surface area contributed by atoms with Crippen molar-refractivity contribution in [2.24, 2.45) is 0 Å². The van der Waals surface area contributed by atoms with Crippen LogP contribution in [0.25, 0.3) is 0 Å². The van der Waals surface area contributed by atoms with E-state index in [1.54, 1.807) is 6.07 Å². The molecule has 2 aromatic rings. The molecule has 0 aliphatic carbocycles. The molecule has 0 bridgehead atoms. The third kappa shape index (κ3) is 3.03. The third-order valence-corrected chi connectivity index (χ3v) is 3.90. The third-order valence-electron chi connectivity index (χ3n) is 1.79. The van der Waals surface area contributed by atoms with E-state index in [0.29, 0.717) is 16.5 Å². The minimum Gasteiger partial charge on any atom is -0.213 e. The van der Waals surface area contributed by atoms with Crippen LogP contribution in [0, 0.1) is 3.01 Å². The number of nitrogens with zero attached hydrogens (tertiary/aromatic N) is 2. The van der Waals surface area contributed by atoms with E-state index in [1.165, 1.54) is 11.5 Å². The molecule has 0 atom stereocenters. The van der Waals surface area contributed by atoms with E-state index in [1.807, 2.05) is 12.1 Å². The van der Waals surface area contributed by atoms with E-state index >= 15 is 0 Å². The molecule has 2 rings (SSSR count). The van der Waals surface area contributed by atoms with Gasteiger partial charge >= 0.3 is 0 Å². The Morgan fingerprint density at radius 2 is 2.07 bits per heavy atom. The zero-order valence-corrected chi connectivity index (χ0v) is 11.9. The first-order valence-electron chi connectivity index (χ1n) is 4.07. The van der Waals surface area contributed by atoms with Crippen molar-refractivity contribution < 1.29 is 0 Å². The van der Waals surface area contributed by atoms with Crippen LogP contribution in [0.2, 0.25) is 10.0 Å². The fourth-order valence-electron chi connectivity index (χ4n) is 1.14. The number of hydrogen-bond acceptors (Lipinski definition) is 3. The molecule has 6 heteroatoms. The second kappa shape index (κ2) is 4.95. The van der Waals surface area contributed by atoms with Gasteiger partial charge in [0, 0.05) is 6.42 Å². The maximum absolute atomic E-state index is 5.91. The van der Waals surface area contributed by atoms with E-state index in [-0.39, 0.29) is 0 Å². The number of halogens is 3. The van der Waals surface area contributed by atoms with Crippen molar-refractivity contribution in [3.63, 3.8) is 0 Å². The summed E-state index contributed by atoms with van der Waals surface area (Å²) < 4.78 is 5.16. The molecule has 0 N–H and O–H groups in total. The largest absolute Gasteiger partial charge is 0.213 e. The molecule has 0 amide bonds. The summed E-state index contributed by atoms with van der Waals surface area (Å²) in [6.45, 7) is 0.